The minimum absolute atomic E-state index is 0.119. The molecule has 1 aliphatic carbocycles. The monoisotopic (exact) mass is 382 g/mol. The Bertz CT molecular complexity index is 834. The van der Waals surface area contributed by atoms with Gasteiger partial charge in [0, 0.05) is 62.8 Å². The molecular formula is C21H26N4O3. The van der Waals surface area contributed by atoms with E-state index in [0.717, 1.165) is 50.1 Å². The first-order valence-electron chi connectivity index (χ1n) is 9.90. The maximum Gasteiger partial charge on any atom is 0.251 e. The molecule has 2 aliphatic rings. The van der Waals surface area contributed by atoms with E-state index >= 15 is 0 Å². The first kappa shape index (κ1) is 18.5. The van der Waals surface area contributed by atoms with Crippen LogP contribution in [0.4, 0.5) is 0 Å². The maximum absolute atomic E-state index is 12.3. The second-order valence-electron chi connectivity index (χ2n) is 7.65. The van der Waals surface area contributed by atoms with E-state index in [9.17, 15) is 9.59 Å². The molecule has 2 aromatic rings. The molecule has 28 heavy (non-hydrogen) atoms. The van der Waals surface area contributed by atoms with Crippen molar-refractivity contribution in [1.82, 2.24) is 20.0 Å². The van der Waals surface area contributed by atoms with Gasteiger partial charge in [0.15, 0.2) is 0 Å². The molecule has 1 aromatic carbocycles. The van der Waals surface area contributed by atoms with Crippen LogP contribution in [0.25, 0.3) is 0 Å². The number of amides is 2. The molecule has 0 radical (unpaired) electrons. The molecule has 1 aliphatic heterocycles. The van der Waals surface area contributed by atoms with Crippen LogP contribution in [0.1, 0.15) is 41.6 Å². The smallest absolute Gasteiger partial charge is 0.251 e. The van der Waals surface area contributed by atoms with Crippen LogP contribution in [0.15, 0.2) is 36.7 Å². The Morgan fingerprint density at radius 2 is 1.86 bits per heavy atom. The number of rotatable bonds is 6. The molecule has 2 fully saturated rings. The van der Waals surface area contributed by atoms with Crippen molar-refractivity contribution >= 4 is 11.8 Å². The second-order valence-corrected chi connectivity index (χ2v) is 7.65. The van der Waals surface area contributed by atoms with Gasteiger partial charge < -0.3 is 15.0 Å². The Labute approximate surface area is 164 Å². The lowest BCUT2D eigenvalue weighted by Gasteiger charge is -2.32. The van der Waals surface area contributed by atoms with Crippen LogP contribution in [0.2, 0.25) is 0 Å². The van der Waals surface area contributed by atoms with Crippen LogP contribution in [-0.4, -0.2) is 45.7 Å². The van der Waals surface area contributed by atoms with Gasteiger partial charge in [0.1, 0.15) is 11.9 Å². The van der Waals surface area contributed by atoms with E-state index in [1.807, 2.05) is 30.3 Å². The molecule has 7 nitrogen and oxygen atoms in total. The highest BCUT2D eigenvalue weighted by atomic mass is 16.5. The number of nitrogens with zero attached hydrogens (tertiary/aromatic N) is 3. The van der Waals surface area contributed by atoms with Crippen molar-refractivity contribution in [2.45, 2.75) is 38.3 Å². The van der Waals surface area contributed by atoms with Crippen LogP contribution >= 0.6 is 0 Å². The zero-order valence-electron chi connectivity index (χ0n) is 16.1. The van der Waals surface area contributed by atoms with E-state index in [1.165, 1.54) is 0 Å². The van der Waals surface area contributed by atoms with Gasteiger partial charge in [0.25, 0.3) is 5.91 Å². The fraction of sp³-hybridized carbons (Fsp3) is 0.476. The number of aryl methyl sites for hydroxylation is 1. The summed E-state index contributed by atoms with van der Waals surface area (Å²) in [6.45, 7) is 1.99. The lowest BCUT2D eigenvalue weighted by atomic mass is 10.1. The third-order valence-corrected chi connectivity index (χ3v) is 5.31. The molecule has 1 saturated carbocycles. The van der Waals surface area contributed by atoms with Crippen LogP contribution < -0.4 is 10.1 Å². The Kier molecular flexibility index (Phi) is 5.32. The molecule has 4 rings (SSSR count). The molecule has 1 aromatic heterocycles. The number of piperidine rings is 1. The van der Waals surface area contributed by atoms with Crippen LogP contribution in [-0.2, 0) is 18.4 Å². The number of hydrogen-bond acceptors (Lipinski definition) is 4. The van der Waals surface area contributed by atoms with Crippen molar-refractivity contribution in [3.63, 3.8) is 0 Å². The predicted molar refractivity (Wildman–Crippen MR) is 104 cm³/mol. The van der Waals surface area contributed by atoms with E-state index in [2.05, 4.69) is 10.4 Å². The number of ether oxygens (including phenoxy) is 1. The minimum Gasteiger partial charge on any atom is -0.490 e. The lowest BCUT2D eigenvalue weighted by Crippen LogP contribution is -2.42. The largest absolute Gasteiger partial charge is 0.490 e. The lowest BCUT2D eigenvalue weighted by molar-refractivity contribution is -0.134. The van der Waals surface area contributed by atoms with Gasteiger partial charge in [0.05, 0.1) is 6.20 Å². The van der Waals surface area contributed by atoms with Crippen LogP contribution in [0.3, 0.4) is 0 Å². The molecule has 1 saturated heterocycles. The molecule has 0 unspecified atom stereocenters. The molecular weight excluding hydrogens is 356 g/mol. The minimum atomic E-state index is -0.123. The summed E-state index contributed by atoms with van der Waals surface area (Å²) in [4.78, 5) is 26.4. The molecule has 0 atom stereocenters. The van der Waals surface area contributed by atoms with Crippen molar-refractivity contribution in [1.29, 1.82) is 0 Å². The normalized spacial score (nSPS) is 17.4. The molecule has 2 amide bonds. The van der Waals surface area contributed by atoms with Crippen LogP contribution in [0, 0.1) is 5.92 Å². The molecule has 7 heteroatoms. The molecule has 1 N–H and O–H groups in total. The number of aromatic nitrogens is 2. The van der Waals surface area contributed by atoms with Crippen molar-refractivity contribution in [2.75, 3.05) is 13.1 Å². The topological polar surface area (TPSA) is 76.5 Å². The number of benzene rings is 1. The van der Waals surface area contributed by atoms with Crippen molar-refractivity contribution in [3.8, 4) is 5.75 Å². The zero-order chi connectivity index (χ0) is 19.5. The zero-order valence-corrected chi connectivity index (χ0v) is 16.1. The third kappa shape index (κ3) is 4.52. The summed E-state index contributed by atoms with van der Waals surface area (Å²) in [5, 5.41) is 6.98. The number of hydrogen-bond donors (Lipinski definition) is 1. The van der Waals surface area contributed by atoms with Gasteiger partial charge in [-0.1, -0.05) is 0 Å². The van der Waals surface area contributed by atoms with Gasteiger partial charge in [-0.05, 0) is 37.1 Å². The maximum atomic E-state index is 12.3. The second kappa shape index (κ2) is 8.04. The average molecular weight is 382 g/mol. The Morgan fingerprint density at radius 1 is 1.14 bits per heavy atom. The SMILES string of the molecule is Cn1cc(CNC(=O)c2ccc(OC3CCN(C(=O)C4CC4)CC3)cc2)cn1. The van der Waals surface area contributed by atoms with Gasteiger partial charge >= 0.3 is 0 Å². The number of carbonyl (C=O) groups excluding carboxylic acids is 2. The van der Waals surface area contributed by atoms with Crippen LogP contribution in [0.5, 0.6) is 5.75 Å². The standard InChI is InChI=1S/C21H26N4O3/c1-24-14-15(13-23-24)12-22-20(26)16-4-6-18(7-5-16)28-19-8-10-25(11-9-19)21(27)17-2-3-17/h4-7,13-14,17,19H,2-3,8-12H2,1H3,(H,22,26). The fourth-order valence-corrected chi connectivity index (χ4v) is 3.51. The summed E-state index contributed by atoms with van der Waals surface area (Å²) in [6, 6.07) is 7.22. The Hall–Kier alpha value is -2.83. The third-order valence-electron chi connectivity index (χ3n) is 5.31. The summed E-state index contributed by atoms with van der Waals surface area (Å²) in [5.41, 5.74) is 1.56. The van der Waals surface area contributed by atoms with E-state index in [0.29, 0.717) is 18.0 Å². The van der Waals surface area contributed by atoms with Crippen molar-refractivity contribution in [2.24, 2.45) is 13.0 Å². The molecule has 2 heterocycles. The first-order chi connectivity index (χ1) is 13.6. The highest BCUT2D eigenvalue weighted by Gasteiger charge is 2.35. The quantitative estimate of drug-likeness (QED) is 0.830. The first-order valence-corrected chi connectivity index (χ1v) is 9.90. The molecule has 148 valence electrons. The highest BCUT2D eigenvalue weighted by Crippen LogP contribution is 2.32. The van der Waals surface area contributed by atoms with E-state index in [4.69, 9.17) is 4.74 Å². The summed E-state index contributed by atoms with van der Waals surface area (Å²) in [7, 11) is 1.85. The summed E-state index contributed by atoms with van der Waals surface area (Å²) < 4.78 is 7.75. The highest BCUT2D eigenvalue weighted by molar-refractivity contribution is 5.94. The summed E-state index contributed by atoms with van der Waals surface area (Å²) in [6.07, 6.45) is 7.54. The average Bonchev–Trinajstić information content (AvgIpc) is 3.48. The summed E-state index contributed by atoms with van der Waals surface area (Å²) in [5.74, 6) is 1.24. The van der Waals surface area contributed by atoms with Gasteiger partial charge in [0.2, 0.25) is 5.91 Å². The fourth-order valence-electron chi connectivity index (χ4n) is 3.51. The van der Waals surface area contributed by atoms with Gasteiger partial charge in [-0.2, -0.15) is 5.10 Å². The van der Waals surface area contributed by atoms with E-state index in [-0.39, 0.29) is 17.9 Å². The number of likely N-dealkylation sites (tertiary alicyclic amines) is 1. The Balaban J connectivity index is 1.24. The van der Waals surface area contributed by atoms with E-state index < -0.39 is 0 Å². The number of nitrogens with one attached hydrogen (secondary N) is 1. The Morgan fingerprint density at radius 3 is 2.46 bits per heavy atom. The van der Waals surface area contributed by atoms with Crippen molar-refractivity contribution in [3.05, 3.63) is 47.8 Å². The summed E-state index contributed by atoms with van der Waals surface area (Å²) >= 11 is 0. The van der Waals surface area contributed by atoms with Gasteiger partial charge in [-0.25, -0.2) is 0 Å². The number of carbonyl (C=O) groups is 2. The molecule has 0 bridgehead atoms. The van der Waals surface area contributed by atoms with Crippen molar-refractivity contribution < 1.29 is 14.3 Å². The van der Waals surface area contributed by atoms with Gasteiger partial charge in [-0.3, -0.25) is 14.3 Å². The van der Waals surface area contributed by atoms with E-state index in [1.54, 1.807) is 23.0 Å². The molecule has 0 spiro atoms. The van der Waals surface area contributed by atoms with Gasteiger partial charge in [-0.15, -0.1) is 0 Å². The predicted octanol–water partition coefficient (Wildman–Crippen LogP) is 2.13.